The smallest absolute Gasteiger partial charge is 0.243 e. The summed E-state index contributed by atoms with van der Waals surface area (Å²) in [5.74, 6) is -0.517. The first kappa shape index (κ1) is 18.9. The van der Waals surface area contributed by atoms with Gasteiger partial charge in [-0.15, -0.1) is 11.3 Å². The molecule has 0 atom stereocenters. The van der Waals surface area contributed by atoms with Crippen LogP contribution in [0.5, 0.6) is 0 Å². The van der Waals surface area contributed by atoms with Crippen molar-refractivity contribution in [2.24, 2.45) is 0 Å². The van der Waals surface area contributed by atoms with Crippen LogP contribution in [0.2, 0.25) is 0 Å². The number of carbonyl (C=O) groups excluding carboxylic acids is 3. The molecule has 0 radical (unpaired) electrons. The van der Waals surface area contributed by atoms with Gasteiger partial charge < -0.3 is 10.2 Å². The lowest BCUT2D eigenvalue weighted by molar-refractivity contribution is -0.133. The van der Waals surface area contributed by atoms with E-state index in [-0.39, 0.29) is 37.0 Å². The van der Waals surface area contributed by atoms with Crippen LogP contribution < -0.4 is 5.32 Å². The largest absolute Gasteiger partial charge is 0.336 e. The van der Waals surface area contributed by atoms with Crippen molar-refractivity contribution in [3.63, 3.8) is 0 Å². The highest BCUT2D eigenvalue weighted by atomic mass is 32.1. The monoisotopic (exact) mass is 358 g/mol. The number of anilines is 1. The van der Waals surface area contributed by atoms with Gasteiger partial charge in [-0.3, -0.25) is 14.4 Å². The predicted octanol–water partition coefficient (Wildman–Crippen LogP) is 3.42. The van der Waals surface area contributed by atoms with E-state index in [0.717, 1.165) is 16.8 Å². The molecule has 0 saturated carbocycles. The molecule has 2 amide bonds. The van der Waals surface area contributed by atoms with Gasteiger partial charge in [-0.05, 0) is 36.4 Å². The number of nitrogens with zero attached hydrogens (tertiary/aromatic N) is 1. The van der Waals surface area contributed by atoms with Gasteiger partial charge in [0.2, 0.25) is 11.8 Å². The number of likely N-dealkylation sites (N-methyl/N-ethyl adjacent to an activating group) is 1. The molecule has 0 aliphatic carbocycles. The second-order valence-electron chi connectivity index (χ2n) is 5.97. The summed E-state index contributed by atoms with van der Waals surface area (Å²) in [7, 11) is 1.57. The number of Topliss-reactive ketones (excluding diaryl/α,β-unsaturated/α-hetero) is 1. The predicted molar refractivity (Wildman–Crippen MR) is 100 cm³/mol. The summed E-state index contributed by atoms with van der Waals surface area (Å²) in [6, 6.07) is 9.34. The quantitative estimate of drug-likeness (QED) is 0.771. The average molecular weight is 358 g/mol. The Morgan fingerprint density at radius 1 is 1.04 bits per heavy atom. The molecule has 2 aromatic rings. The molecule has 0 aliphatic heterocycles. The van der Waals surface area contributed by atoms with Crippen LogP contribution in [0.4, 0.5) is 5.69 Å². The van der Waals surface area contributed by atoms with Crippen molar-refractivity contribution in [3.05, 3.63) is 51.7 Å². The first-order valence-corrected chi connectivity index (χ1v) is 8.93. The number of carbonyl (C=O) groups is 3. The Kier molecular flexibility index (Phi) is 6.47. The van der Waals surface area contributed by atoms with Crippen LogP contribution in [-0.4, -0.2) is 36.1 Å². The normalized spacial score (nSPS) is 10.4. The molecule has 25 heavy (non-hydrogen) atoms. The Bertz CT molecular complexity index is 749. The van der Waals surface area contributed by atoms with Gasteiger partial charge in [0, 0.05) is 25.6 Å². The van der Waals surface area contributed by atoms with E-state index in [1.54, 1.807) is 13.1 Å². The minimum absolute atomic E-state index is 0.0419. The van der Waals surface area contributed by atoms with Crippen LogP contribution in [0, 0.1) is 13.8 Å². The Morgan fingerprint density at radius 3 is 2.32 bits per heavy atom. The van der Waals surface area contributed by atoms with Gasteiger partial charge in [0.05, 0.1) is 11.4 Å². The van der Waals surface area contributed by atoms with E-state index in [0.29, 0.717) is 4.88 Å². The summed E-state index contributed by atoms with van der Waals surface area (Å²) in [6.07, 6.45) is 0.256. The van der Waals surface area contributed by atoms with Gasteiger partial charge >= 0.3 is 0 Å². The molecule has 0 saturated heterocycles. The zero-order chi connectivity index (χ0) is 18.4. The Labute approximate surface area is 151 Å². The van der Waals surface area contributed by atoms with E-state index in [1.165, 1.54) is 16.2 Å². The van der Waals surface area contributed by atoms with Gasteiger partial charge in [-0.25, -0.2) is 0 Å². The van der Waals surface area contributed by atoms with E-state index in [1.807, 2.05) is 43.5 Å². The van der Waals surface area contributed by atoms with E-state index < -0.39 is 0 Å². The number of benzene rings is 1. The topological polar surface area (TPSA) is 66.5 Å². The molecule has 0 spiro atoms. The van der Waals surface area contributed by atoms with E-state index >= 15 is 0 Å². The molecule has 0 fully saturated rings. The van der Waals surface area contributed by atoms with Crippen LogP contribution in [0.15, 0.2) is 35.7 Å². The molecule has 6 heteroatoms. The molecule has 0 unspecified atom stereocenters. The molecule has 0 bridgehead atoms. The van der Waals surface area contributed by atoms with Crippen LogP contribution in [-0.2, 0) is 9.59 Å². The molecule has 1 aromatic carbocycles. The van der Waals surface area contributed by atoms with Gasteiger partial charge in [-0.1, -0.05) is 24.3 Å². The minimum Gasteiger partial charge on any atom is -0.336 e. The van der Waals surface area contributed by atoms with Crippen LogP contribution in [0.1, 0.15) is 33.6 Å². The fraction of sp³-hybridized carbons (Fsp3) is 0.316. The van der Waals surface area contributed by atoms with Crippen LogP contribution in [0.25, 0.3) is 0 Å². The fourth-order valence-electron chi connectivity index (χ4n) is 2.47. The Hall–Kier alpha value is -2.47. The average Bonchev–Trinajstić information content (AvgIpc) is 3.10. The third-order valence-electron chi connectivity index (χ3n) is 3.91. The summed E-state index contributed by atoms with van der Waals surface area (Å²) >= 11 is 1.37. The molecule has 0 aliphatic rings. The first-order chi connectivity index (χ1) is 11.9. The highest BCUT2D eigenvalue weighted by Gasteiger charge is 2.16. The lowest BCUT2D eigenvalue weighted by Crippen LogP contribution is -2.35. The van der Waals surface area contributed by atoms with Crippen molar-refractivity contribution in [1.29, 1.82) is 0 Å². The van der Waals surface area contributed by atoms with E-state index in [4.69, 9.17) is 0 Å². The fourth-order valence-corrected chi connectivity index (χ4v) is 3.16. The lowest BCUT2D eigenvalue weighted by Gasteiger charge is -2.18. The number of thiophene rings is 1. The summed E-state index contributed by atoms with van der Waals surface area (Å²) in [5, 5.41) is 4.69. The third-order valence-corrected chi connectivity index (χ3v) is 4.82. The highest BCUT2D eigenvalue weighted by Crippen LogP contribution is 2.19. The minimum atomic E-state index is -0.252. The standard InChI is InChI=1S/C19H22N2O3S/c1-13-6-4-7-14(2)19(13)20-17(23)12-21(3)18(24)10-9-15(22)16-8-5-11-25-16/h4-8,11H,9-10,12H2,1-3H3,(H,20,23). The molecule has 1 heterocycles. The third kappa shape index (κ3) is 5.26. The Balaban J connectivity index is 1.84. The molecular weight excluding hydrogens is 336 g/mol. The first-order valence-electron chi connectivity index (χ1n) is 8.05. The van der Waals surface area contributed by atoms with Crippen molar-refractivity contribution in [3.8, 4) is 0 Å². The molecule has 1 aromatic heterocycles. The van der Waals surface area contributed by atoms with Gasteiger partial charge in [0.15, 0.2) is 5.78 Å². The van der Waals surface area contributed by atoms with Crippen molar-refractivity contribution in [2.45, 2.75) is 26.7 Å². The number of para-hydroxylation sites is 1. The maximum Gasteiger partial charge on any atom is 0.243 e. The second-order valence-corrected chi connectivity index (χ2v) is 6.91. The summed E-state index contributed by atoms with van der Waals surface area (Å²) in [5.41, 5.74) is 2.73. The van der Waals surface area contributed by atoms with Crippen molar-refractivity contribution in [2.75, 3.05) is 18.9 Å². The SMILES string of the molecule is Cc1cccc(C)c1NC(=O)CN(C)C(=O)CCC(=O)c1cccs1. The maximum absolute atomic E-state index is 12.2. The zero-order valence-electron chi connectivity index (χ0n) is 14.7. The van der Waals surface area contributed by atoms with Crippen LogP contribution in [0.3, 0.4) is 0 Å². The lowest BCUT2D eigenvalue weighted by atomic mass is 10.1. The molecule has 5 nitrogen and oxygen atoms in total. The highest BCUT2D eigenvalue weighted by molar-refractivity contribution is 7.12. The maximum atomic E-state index is 12.2. The van der Waals surface area contributed by atoms with Crippen molar-refractivity contribution < 1.29 is 14.4 Å². The number of nitrogens with one attached hydrogen (secondary N) is 1. The summed E-state index contributed by atoms with van der Waals surface area (Å²) < 4.78 is 0. The van der Waals surface area contributed by atoms with Crippen molar-refractivity contribution >= 4 is 34.6 Å². The number of rotatable bonds is 7. The van der Waals surface area contributed by atoms with Crippen LogP contribution >= 0.6 is 11.3 Å². The number of amides is 2. The number of hydrogen-bond donors (Lipinski definition) is 1. The van der Waals surface area contributed by atoms with E-state index in [9.17, 15) is 14.4 Å². The second kappa shape index (κ2) is 8.58. The van der Waals surface area contributed by atoms with Gasteiger partial charge in [0.25, 0.3) is 0 Å². The number of hydrogen-bond acceptors (Lipinski definition) is 4. The van der Waals surface area contributed by atoms with Crippen molar-refractivity contribution in [1.82, 2.24) is 4.90 Å². The molecule has 1 N–H and O–H groups in total. The zero-order valence-corrected chi connectivity index (χ0v) is 15.5. The molecule has 2 rings (SSSR count). The van der Waals surface area contributed by atoms with E-state index in [2.05, 4.69) is 5.32 Å². The van der Waals surface area contributed by atoms with Gasteiger partial charge in [-0.2, -0.15) is 0 Å². The number of ketones is 1. The summed E-state index contributed by atoms with van der Waals surface area (Å²) in [4.78, 5) is 38.3. The van der Waals surface area contributed by atoms with Gasteiger partial charge in [0.1, 0.15) is 0 Å². The molecule has 132 valence electrons. The summed E-state index contributed by atoms with van der Waals surface area (Å²) in [6.45, 7) is 3.81. The Morgan fingerprint density at radius 2 is 1.72 bits per heavy atom. The molecular formula is C19H22N2O3S. The number of aryl methyl sites for hydroxylation is 2.